The Morgan fingerprint density at radius 1 is 1.07 bits per heavy atom. The number of benzene rings is 2. The number of sulfonamides is 1. The first-order chi connectivity index (χ1) is 12.9. The zero-order valence-corrected chi connectivity index (χ0v) is 16.0. The van der Waals surface area contributed by atoms with Gasteiger partial charge in [-0.05, 0) is 36.4 Å². The van der Waals surface area contributed by atoms with Crippen molar-refractivity contribution in [2.24, 2.45) is 0 Å². The van der Waals surface area contributed by atoms with Crippen LogP contribution in [0.1, 0.15) is 5.56 Å². The molecule has 2 heterocycles. The van der Waals surface area contributed by atoms with Gasteiger partial charge in [0.05, 0.1) is 36.1 Å². The number of nitrogens with one attached hydrogen (secondary N) is 1. The summed E-state index contributed by atoms with van der Waals surface area (Å²) < 4.78 is 51.0. The maximum Gasteiger partial charge on any atom is 0.243 e. The fourth-order valence-corrected chi connectivity index (χ4v) is 5.06. The molecule has 4 rings (SSSR count). The molecule has 27 heavy (non-hydrogen) atoms. The van der Waals surface area contributed by atoms with E-state index in [9.17, 15) is 12.8 Å². The maximum absolute atomic E-state index is 13.3. The number of rotatable bonds is 4. The number of fused-ring (bicyclic) bond motifs is 1. The van der Waals surface area contributed by atoms with Crippen LogP contribution in [0.4, 0.5) is 4.39 Å². The van der Waals surface area contributed by atoms with E-state index in [0.717, 1.165) is 35.7 Å². The number of piperazine rings is 1. The number of hydrogen-bond acceptors (Lipinski definition) is 4. The summed E-state index contributed by atoms with van der Waals surface area (Å²) in [6.45, 7) is 3.20. The second-order valence-corrected chi connectivity index (χ2v) is 8.94. The normalized spacial score (nSPS) is 18.0. The highest BCUT2D eigenvalue weighted by atomic mass is 35.5. The molecule has 0 saturated carbocycles. The minimum Gasteiger partial charge on any atom is -0.454 e. The summed E-state index contributed by atoms with van der Waals surface area (Å²) in [5.41, 5.74) is 1.12. The lowest BCUT2D eigenvalue weighted by Crippen LogP contribution is -3.13. The van der Waals surface area contributed by atoms with Crippen molar-refractivity contribution in [1.29, 1.82) is 0 Å². The average Bonchev–Trinajstić information content (AvgIpc) is 3.12. The van der Waals surface area contributed by atoms with Crippen molar-refractivity contribution < 1.29 is 27.2 Å². The molecular weight excluding hydrogens is 395 g/mol. The summed E-state index contributed by atoms with van der Waals surface area (Å²) in [4.78, 5) is 1.31. The van der Waals surface area contributed by atoms with Crippen molar-refractivity contribution in [1.82, 2.24) is 4.31 Å². The second-order valence-electron chi connectivity index (χ2n) is 6.59. The molecule has 1 N–H and O–H groups in total. The standard InChI is InChI=1S/C18H18ClFN2O4S/c19-15-10-14(2-3-16(15)20)27(23,24)22-7-5-21(6-8-22)11-13-1-4-17-18(9-13)26-12-25-17/h1-4,9-10H,5-8,11-12H2/p+1. The summed E-state index contributed by atoms with van der Waals surface area (Å²) >= 11 is 5.73. The lowest BCUT2D eigenvalue weighted by molar-refractivity contribution is -0.917. The third-order valence-electron chi connectivity index (χ3n) is 4.85. The third-order valence-corrected chi connectivity index (χ3v) is 7.03. The fraction of sp³-hybridized carbons (Fsp3) is 0.333. The van der Waals surface area contributed by atoms with E-state index in [1.807, 2.05) is 18.2 Å². The quantitative estimate of drug-likeness (QED) is 0.820. The van der Waals surface area contributed by atoms with Crippen LogP contribution in [-0.2, 0) is 16.6 Å². The Hall–Kier alpha value is -1.87. The molecule has 0 unspecified atom stereocenters. The molecule has 2 aliphatic heterocycles. The Bertz CT molecular complexity index is 962. The van der Waals surface area contributed by atoms with Crippen molar-refractivity contribution in [3.63, 3.8) is 0 Å². The smallest absolute Gasteiger partial charge is 0.243 e. The van der Waals surface area contributed by atoms with Gasteiger partial charge in [0, 0.05) is 5.56 Å². The van der Waals surface area contributed by atoms with Gasteiger partial charge in [0.1, 0.15) is 12.4 Å². The zero-order valence-electron chi connectivity index (χ0n) is 14.5. The molecule has 1 saturated heterocycles. The van der Waals surface area contributed by atoms with Crippen LogP contribution in [0.5, 0.6) is 11.5 Å². The predicted molar refractivity (Wildman–Crippen MR) is 97.1 cm³/mol. The summed E-state index contributed by atoms with van der Waals surface area (Å²) in [5.74, 6) is 0.873. The predicted octanol–water partition coefficient (Wildman–Crippen LogP) is 1.30. The van der Waals surface area contributed by atoms with Crippen LogP contribution >= 0.6 is 11.6 Å². The zero-order chi connectivity index (χ0) is 19.0. The van der Waals surface area contributed by atoms with E-state index >= 15 is 0 Å². The Kier molecular flexibility index (Phi) is 4.98. The van der Waals surface area contributed by atoms with Gasteiger partial charge in [-0.1, -0.05) is 11.6 Å². The first-order valence-electron chi connectivity index (χ1n) is 8.61. The molecule has 0 atom stereocenters. The van der Waals surface area contributed by atoms with E-state index in [1.165, 1.54) is 15.3 Å². The number of hydrogen-bond donors (Lipinski definition) is 1. The summed E-state index contributed by atoms with van der Waals surface area (Å²) in [5, 5.41) is -0.192. The van der Waals surface area contributed by atoms with Crippen LogP contribution < -0.4 is 14.4 Å². The van der Waals surface area contributed by atoms with Gasteiger partial charge in [0.25, 0.3) is 0 Å². The van der Waals surface area contributed by atoms with Crippen molar-refractivity contribution in [2.75, 3.05) is 33.0 Å². The Balaban J connectivity index is 1.40. The second kappa shape index (κ2) is 7.27. The van der Waals surface area contributed by atoms with Crippen LogP contribution in [0.25, 0.3) is 0 Å². The van der Waals surface area contributed by atoms with Crippen molar-refractivity contribution in [2.45, 2.75) is 11.4 Å². The highest BCUT2D eigenvalue weighted by Gasteiger charge is 2.31. The molecule has 0 spiro atoms. The Morgan fingerprint density at radius 3 is 2.56 bits per heavy atom. The summed E-state index contributed by atoms with van der Waals surface area (Å²) in [7, 11) is -3.67. The van der Waals surface area contributed by atoms with E-state index in [2.05, 4.69) is 0 Å². The molecular formula is C18H19ClFN2O4S+. The lowest BCUT2D eigenvalue weighted by Gasteiger charge is -2.31. The highest BCUT2D eigenvalue weighted by molar-refractivity contribution is 7.89. The van der Waals surface area contributed by atoms with E-state index in [1.54, 1.807) is 0 Å². The fourth-order valence-electron chi connectivity index (χ4n) is 3.35. The van der Waals surface area contributed by atoms with Gasteiger partial charge >= 0.3 is 0 Å². The van der Waals surface area contributed by atoms with Crippen LogP contribution in [0.2, 0.25) is 5.02 Å². The topological polar surface area (TPSA) is 60.3 Å². The Labute approximate surface area is 162 Å². The molecule has 0 aromatic heterocycles. The molecule has 2 aliphatic rings. The average molecular weight is 414 g/mol. The molecule has 144 valence electrons. The maximum atomic E-state index is 13.3. The van der Waals surface area contributed by atoms with E-state index < -0.39 is 15.8 Å². The van der Waals surface area contributed by atoms with Crippen molar-refractivity contribution >= 4 is 21.6 Å². The van der Waals surface area contributed by atoms with E-state index in [4.69, 9.17) is 21.1 Å². The third kappa shape index (κ3) is 3.75. The van der Waals surface area contributed by atoms with Gasteiger partial charge in [-0.3, -0.25) is 0 Å². The minimum atomic E-state index is -3.67. The van der Waals surface area contributed by atoms with Crippen LogP contribution in [0.3, 0.4) is 0 Å². The number of halogens is 2. The number of nitrogens with zero attached hydrogens (tertiary/aromatic N) is 1. The van der Waals surface area contributed by atoms with Gasteiger partial charge in [0.15, 0.2) is 11.5 Å². The highest BCUT2D eigenvalue weighted by Crippen LogP contribution is 2.32. The first kappa shape index (κ1) is 18.5. The van der Waals surface area contributed by atoms with Gasteiger partial charge in [-0.2, -0.15) is 4.31 Å². The summed E-state index contributed by atoms with van der Waals surface area (Å²) in [6, 6.07) is 9.37. The lowest BCUT2D eigenvalue weighted by atomic mass is 10.2. The number of quaternary nitrogens is 1. The molecule has 9 heteroatoms. The minimum absolute atomic E-state index is 0.0214. The largest absolute Gasteiger partial charge is 0.454 e. The van der Waals surface area contributed by atoms with Crippen molar-refractivity contribution in [3.05, 3.63) is 52.8 Å². The van der Waals surface area contributed by atoms with Gasteiger partial charge in [-0.15, -0.1) is 0 Å². The van der Waals surface area contributed by atoms with E-state index in [0.29, 0.717) is 26.2 Å². The Morgan fingerprint density at radius 2 is 1.81 bits per heavy atom. The molecule has 2 aromatic carbocycles. The van der Waals surface area contributed by atoms with Gasteiger partial charge in [-0.25, -0.2) is 12.8 Å². The SMILES string of the molecule is O=S(=O)(c1ccc(F)c(Cl)c1)N1CC[NH+](Cc2ccc3c(c2)OCO3)CC1. The summed E-state index contributed by atoms with van der Waals surface area (Å²) in [6.07, 6.45) is 0. The van der Waals surface area contributed by atoms with Crippen LogP contribution in [0.15, 0.2) is 41.3 Å². The molecule has 0 aliphatic carbocycles. The molecule has 2 aromatic rings. The first-order valence-corrected chi connectivity index (χ1v) is 10.4. The number of ether oxygens (including phenoxy) is 2. The molecule has 6 nitrogen and oxygen atoms in total. The van der Waals surface area contributed by atoms with Crippen LogP contribution in [0, 0.1) is 5.82 Å². The van der Waals surface area contributed by atoms with E-state index in [-0.39, 0.29) is 16.7 Å². The molecule has 0 amide bonds. The molecule has 0 bridgehead atoms. The molecule has 0 radical (unpaired) electrons. The van der Waals surface area contributed by atoms with Crippen molar-refractivity contribution in [3.8, 4) is 11.5 Å². The monoisotopic (exact) mass is 413 g/mol. The van der Waals surface area contributed by atoms with Crippen LogP contribution in [-0.4, -0.2) is 45.7 Å². The van der Waals surface area contributed by atoms with Gasteiger partial charge in [0.2, 0.25) is 16.8 Å². The molecule has 1 fully saturated rings. The van der Waals surface area contributed by atoms with Gasteiger partial charge < -0.3 is 14.4 Å².